The number of Topliss-reactive ketones (excluding diaryl/α,β-unsaturated/α-hetero) is 1. The highest BCUT2D eigenvalue weighted by atomic mass is 16.5. The third-order valence-electron chi connectivity index (χ3n) is 8.00. The summed E-state index contributed by atoms with van der Waals surface area (Å²) in [7, 11) is 3.52. The van der Waals surface area contributed by atoms with Gasteiger partial charge >= 0.3 is 0 Å². The van der Waals surface area contributed by atoms with Crippen LogP contribution < -0.4 is 0 Å². The number of carbonyl (C=O) groups excluding carboxylic acids is 1. The van der Waals surface area contributed by atoms with Gasteiger partial charge in [-0.15, -0.1) is 0 Å². The fourth-order valence-electron chi connectivity index (χ4n) is 6.58. The molecule has 0 aromatic heterocycles. The number of aliphatic hydroxyl groups excluding tert-OH is 1. The van der Waals surface area contributed by atoms with Crippen LogP contribution in [-0.4, -0.2) is 43.4 Å². The van der Waals surface area contributed by atoms with Gasteiger partial charge in [0.25, 0.3) is 0 Å². The summed E-state index contributed by atoms with van der Waals surface area (Å²) < 4.78 is 11.4. The van der Waals surface area contributed by atoms with Crippen LogP contribution in [0, 0.1) is 29.1 Å². The highest BCUT2D eigenvalue weighted by Gasteiger charge is 2.57. The highest BCUT2D eigenvalue weighted by molar-refractivity contribution is 5.87. The Bertz CT molecular complexity index is 493. The van der Waals surface area contributed by atoms with E-state index in [0.717, 1.165) is 51.4 Å². The summed E-state index contributed by atoms with van der Waals surface area (Å²) in [5.41, 5.74) is -0.156. The van der Waals surface area contributed by atoms with Gasteiger partial charge in [-0.3, -0.25) is 4.79 Å². The molecule has 8 atom stereocenters. The molecule has 150 valence electrons. The molecule has 3 saturated carbocycles. The van der Waals surface area contributed by atoms with E-state index in [9.17, 15) is 9.90 Å². The van der Waals surface area contributed by atoms with Crippen LogP contribution in [0.25, 0.3) is 0 Å². The van der Waals surface area contributed by atoms with E-state index >= 15 is 0 Å². The Hall–Kier alpha value is -0.450. The topological polar surface area (TPSA) is 55.8 Å². The summed E-state index contributed by atoms with van der Waals surface area (Å²) >= 11 is 0. The molecule has 0 radical (unpaired) electrons. The van der Waals surface area contributed by atoms with E-state index in [1.54, 1.807) is 7.11 Å². The Labute approximate surface area is 159 Å². The maximum absolute atomic E-state index is 12.5. The molecule has 0 aromatic rings. The second-order valence-electron chi connectivity index (χ2n) is 9.34. The van der Waals surface area contributed by atoms with E-state index in [1.165, 1.54) is 6.42 Å². The smallest absolute Gasteiger partial charge is 0.139 e. The van der Waals surface area contributed by atoms with Crippen LogP contribution in [0.1, 0.15) is 71.6 Å². The molecule has 0 bridgehead atoms. The van der Waals surface area contributed by atoms with Crippen LogP contribution in [0.4, 0.5) is 0 Å². The second-order valence-corrected chi connectivity index (χ2v) is 9.34. The molecule has 4 heteroatoms. The van der Waals surface area contributed by atoms with Crippen molar-refractivity contribution >= 4 is 5.78 Å². The third kappa shape index (κ3) is 3.62. The molecule has 0 aromatic carbocycles. The molecular weight excluding hydrogens is 328 g/mol. The third-order valence-corrected chi connectivity index (χ3v) is 8.00. The first kappa shape index (κ1) is 20.3. The number of fused-ring (bicyclic) bond motifs is 3. The lowest BCUT2D eigenvalue weighted by molar-refractivity contribution is -0.143. The minimum atomic E-state index is -0.371. The van der Waals surface area contributed by atoms with Crippen LogP contribution in [0.15, 0.2) is 0 Å². The van der Waals surface area contributed by atoms with Gasteiger partial charge in [-0.2, -0.15) is 0 Å². The lowest BCUT2D eigenvalue weighted by Crippen LogP contribution is -2.51. The van der Waals surface area contributed by atoms with Crippen LogP contribution in [0.2, 0.25) is 0 Å². The van der Waals surface area contributed by atoms with Gasteiger partial charge in [0.05, 0.1) is 18.3 Å². The summed E-state index contributed by atoms with van der Waals surface area (Å²) in [5.74, 6) is 2.71. The van der Waals surface area contributed by atoms with Gasteiger partial charge < -0.3 is 14.6 Å². The molecule has 0 saturated heterocycles. The summed E-state index contributed by atoms with van der Waals surface area (Å²) in [5, 5.41) is 10.6. The second kappa shape index (κ2) is 8.28. The van der Waals surface area contributed by atoms with E-state index in [4.69, 9.17) is 9.47 Å². The van der Waals surface area contributed by atoms with Crippen LogP contribution >= 0.6 is 0 Å². The normalized spacial score (nSPS) is 42.2. The van der Waals surface area contributed by atoms with Crippen molar-refractivity contribution in [1.29, 1.82) is 0 Å². The predicted octanol–water partition coefficient (Wildman–Crippen LogP) is 3.99. The van der Waals surface area contributed by atoms with Gasteiger partial charge in [-0.1, -0.05) is 26.7 Å². The van der Waals surface area contributed by atoms with Crippen molar-refractivity contribution in [2.45, 2.75) is 89.9 Å². The number of hydrogen-bond donors (Lipinski definition) is 1. The lowest BCUT2D eigenvalue weighted by Gasteiger charge is -2.52. The molecule has 3 rings (SSSR count). The van der Waals surface area contributed by atoms with Crippen molar-refractivity contribution in [3.63, 3.8) is 0 Å². The van der Waals surface area contributed by atoms with Crippen molar-refractivity contribution in [2.24, 2.45) is 29.1 Å². The Morgan fingerprint density at radius 3 is 2.65 bits per heavy atom. The molecule has 0 aliphatic heterocycles. The number of ether oxygens (including phenoxy) is 2. The highest BCUT2D eigenvalue weighted by Crippen LogP contribution is 2.59. The molecule has 1 N–H and O–H groups in total. The van der Waals surface area contributed by atoms with Gasteiger partial charge in [-0.05, 0) is 62.2 Å². The van der Waals surface area contributed by atoms with Crippen molar-refractivity contribution in [1.82, 2.24) is 0 Å². The first-order chi connectivity index (χ1) is 12.4. The fourth-order valence-corrected chi connectivity index (χ4v) is 6.58. The molecule has 0 amide bonds. The van der Waals surface area contributed by atoms with Crippen molar-refractivity contribution in [3.8, 4) is 0 Å². The van der Waals surface area contributed by atoms with E-state index in [-0.39, 0.29) is 23.7 Å². The van der Waals surface area contributed by atoms with E-state index < -0.39 is 0 Å². The monoisotopic (exact) mass is 366 g/mol. The van der Waals surface area contributed by atoms with Crippen molar-refractivity contribution < 1.29 is 19.4 Å². The molecule has 4 nitrogen and oxygen atoms in total. The molecule has 0 spiro atoms. The molecule has 3 fully saturated rings. The number of carbonyl (C=O) groups is 1. The predicted molar refractivity (Wildman–Crippen MR) is 102 cm³/mol. The lowest BCUT2D eigenvalue weighted by atomic mass is 9.54. The molecule has 3 aliphatic rings. The zero-order chi connectivity index (χ0) is 18.9. The largest absolute Gasteiger partial charge is 0.390 e. The minimum Gasteiger partial charge on any atom is -0.390 e. The van der Waals surface area contributed by atoms with Crippen LogP contribution in [0.3, 0.4) is 0 Å². The number of methoxy groups -OCH3 is 2. The maximum atomic E-state index is 12.5. The SMILES string of the molecule is CCC[C@H](OC)[C@@H](O)C[C@@H]1CC[C@@H]2[C@@H](C1)[C@@H](OC)C[C@]1(C)C(=O)CC[C@@H]21. The van der Waals surface area contributed by atoms with Crippen LogP contribution in [0.5, 0.6) is 0 Å². The first-order valence-corrected chi connectivity index (χ1v) is 10.7. The zero-order valence-electron chi connectivity index (χ0n) is 17.1. The van der Waals surface area contributed by atoms with Crippen LogP contribution in [-0.2, 0) is 14.3 Å². The molecule has 26 heavy (non-hydrogen) atoms. The van der Waals surface area contributed by atoms with Gasteiger partial charge in [0.2, 0.25) is 0 Å². The summed E-state index contributed by atoms with van der Waals surface area (Å²) in [6.07, 6.45) is 8.75. The standard InChI is InChI=1S/C22H38O4/c1-5-6-19(25-3)18(23)12-14-7-8-15-16(11-14)20(26-4)13-22(2)17(15)9-10-21(22)24/h14-20,23H,5-13H2,1-4H3/t14-,15-,16-,17+,18+,19+,20+,22+/m1/s1. The van der Waals surface area contributed by atoms with Crippen molar-refractivity contribution in [3.05, 3.63) is 0 Å². The minimum absolute atomic E-state index is 0.0435. The fraction of sp³-hybridized carbons (Fsp3) is 0.955. The van der Waals surface area contributed by atoms with E-state index in [0.29, 0.717) is 29.5 Å². The number of aliphatic hydroxyl groups is 1. The quantitative estimate of drug-likeness (QED) is 0.740. The van der Waals surface area contributed by atoms with Gasteiger partial charge in [0, 0.05) is 26.1 Å². The number of hydrogen-bond acceptors (Lipinski definition) is 4. The summed E-state index contributed by atoms with van der Waals surface area (Å²) in [6, 6.07) is 0. The number of rotatable bonds is 7. The molecular formula is C22H38O4. The Morgan fingerprint density at radius 1 is 1.23 bits per heavy atom. The van der Waals surface area contributed by atoms with E-state index in [2.05, 4.69) is 13.8 Å². The van der Waals surface area contributed by atoms with Crippen molar-refractivity contribution in [2.75, 3.05) is 14.2 Å². The summed E-state index contributed by atoms with van der Waals surface area (Å²) in [4.78, 5) is 12.5. The van der Waals surface area contributed by atoms with E-state index in [1.807, 2.05) is 7.11 Å². The summed E-state index contributed by atoms with van der Waals surface area (Å²) in [6.45, 7) is 4.33. The van der Waals surface area contributed by atoms with Gasteiger partial charge in [0.1, 0.15) is 5.78 Å². The first-order valence-electron chi connectivity index (χ1n) is 10.7. The van der Waals surface area contributed by atoms with Gasteiger partial charge in [-0.25, -0.2) is 0 Å². The molecule has 0 heterocycles. The maximum Gasteiger partial charge on any atom is 0.139 e. The van der Waals surface area contributed by atoms with Gasteiger partial charge in [0.15, 0.2) is 0 Å². The Kier molecular flexibility index (Phi) is 6.46. The average molecular weight is 367 g/mol. The number of ketones is 1. The Morgan fingerprint density at radius 2 is 2.00 bits per heavy atom. The zero-order valence-corrected chi connectivity index (χ0v) is 17.1. The Balaban J connectivity index is 1.67. The molecule has 0 unspecified atom stereocenters. The molecule has 3 aliphatic carbocycles. The average Bonchev–Trinajstić information content (AvgIpc) is 2.93.